The number of hydrogen-bond acceptors (Lipinski definition) is 4. The minimum atomic E-state index is -4.20. The zero-order valence-electron chi connectivity index (χ0n) is 18.7. The number of nitrogens with zero attached hydrogens (tertiary/aromatic N) is 1. The average Bonchev–Trinajstić information content (AvgIpc) is 2.81. The first kappa shape index (κ1) is 23.4. The molecule has 0 aliphatic carbocycles. The maximum Gasteiger partial charge on any atom is 0.244 e. The van der Waals surface area contributed by atoms with Crippen molar-refractivity contribution >= 4 is 32.3 Å². The largest absolute Gasteiger partial charge is 0.336 e. The van der Waals surface area contributed by atoms with Crippen LogP contribution in [0.4, 0.5) is 10.1 Å². The number of hydrogen-bond donors (Lipinski definition) is 1. The summed E-state index contributed by atoms with van der Waals surface area (Å²) in [5.41, 5.74) is 2.01. The molecule has 1 heterocycles. The van der Waals surface area contributed by atoms with E-state index >= 15 is 0 Å². The molecule has 0 aliphatic heterocycles. The molecule has 0 saturated heterocycles. The van der Waals surface area contributed by atoms with Crippen molar-refractivity contribution in [3.8, 4) is 0 Å². The van der Waals surface area contributed by atoms with E-state index < -0.39 is 31.9 Å². The first-order valence-electron chi connectivity index (χ1n) is 10.7. The molecule has 0 fully saturated rings. The maximum absolute atomic E-state index is 14.0. The lowest BCUT2D eigenvalue weighted by atomic mass is 10.1. The van der Waals surface area contributed by atoms with Crippen LogP contribution in [-0.2, 0) is 27.6 Å². The summed E-state index contributed by atoms with van der Waals surface area (Å²) in [6, 6.07) is 17.0. The van der Waals surface area contributed by atoms with Crippen LogP contribution in [0.3, 0.4) is 0 Å². The normalized spacial score (nSPS) is 11.5. The van der Waals surface area contributed by atoms with E-state index in [1.807, 2.05) is 26.0 Å². The summed E-state index contributed by atoms with van der Waals surface area (Å²) in [5, 5.41) is 2.65. The molecule has 1 N–H and O–H groups in total. The highest BCUT2D eigenvalue weighted by molar-refractivity contribution is 7.91. The lowest BCUT2D eigenvalue weighted by Crippen LogP contribution is -2.24. The number of fused-ring (bicyclic) bond motifs is 1. The van der Waals surface area contributed by atoms with Gasteiger partial charge in [0.1, 0.15) is 17.3 Å². The van der Waals surface area contributed by atoms with Crippen molar-refractivity contribution in [2.24, 2.45) is 0 Å². The Bertz CT molecular complexity index is 1540. The highest BCUT2D eigenvalue weighted by Crippen LogP contribution is 2.22. The van der Waals surface area contributed by atoms with Crippen LogP contribution < -0.4 is 10.7 Å². The Kier molecular flexibility index (Phi) is 6.34. The number of anilines is 1. The maximum atomic E-state index is 14.0. The SMILES string of the molecule is CCc1ccc(NC(=O)Cn2cc(S(=O)(=O)c3ccc(C)cc3)c(=O)c3cc(F)ccc32)cc1. The predicted molar refractivity (Wildman–Crippen MR) is 129 cm³/mol. The van der Waals surface area contributed by atoms with Crippen LogP contribution in [0.25, 0.3) is 10.9 Å². The Morgan fingerprint density at radius 2 is 1.68 bits per heavy atom. The number of sulfone groups is 1. The van der Waals surface area contributed by atoms with Gasteiger partial charge in [0, 0.05) is 17.3 Å². The molecule has 0 atom stereocenters. The van der Waals surface area contributed by atoms with Gasteiger partial charge in [0.15, 0.2) is 0 Å². The summed E-state index contributed by atoms with van der Waals surface area (Å²) in [6.07, 6.45) is 2.02. The van der Waals surface area contributed by atoms with Crippen LogP contribution >= 0.6 is 0 Å². The summed E-state index contributed by atoms with van der Waals surface area (Å²) in [7, 11) is -4.20. The fourth-order valence-electron chi connectivity index (χ4n) is 3.69. The van der Waals surface area contributed by atoms with Gasteiger partial charge in [-0.25, -0.2) is 12.8 Å². The number of benzene rings is 3. The van der Waals surface area contributed by atoms with E-state index in [0.29, 0.717) is 5.69 Å². The summed E-state index contributed by atoms with van der Waals surface area (Å²) >= 11 is 0. The van der Waals surface area contributed by atoms with Gasteiger partial charge in [0.2, 0.25) is 21.2 Å². The minimum absolute atomic E-state index is 0.0574. The smallest absolute Gasteiger partial charge is 0.244 e. The van der Waals surface area contributed by atoms with Gasteiger partial charge in [-0.1, -0.05) is 36.8 Å². The molecule has 4 aromatic rings. The van der Waals surface area contributed by atoms with E-state index in [1.165, 1.54) is 22.8 Å². The monoisotopic (exact) mass is 478 g/mol. The van der Waals surface area contributed by atoms with E-state index in [9.17, 15) is 22.4 Å². The Balaban J connectivity index is 1.78. The minimum Gasteiger partial charge on any atom is -0.336 e. The van der Waals surface area contributed by atoms with Gasteiger partial charge in [-0.2, -0.15) is 0 Å². The van der Waals surface area contributed by atoms with Crippen LogP contribution in [0.1, 0.15) is 18.1 Å². The Labute approximate surface area is 196 Å². The van der Waals surface area contributed by atoms with Crippen molar-refractivity contribution in [2.75, 3.05) is 5.32 Å². The van der Waals surface area contributed by atoms with Gasteiger partial charge >= 0.3 is 0 Å². The van der Waals surface area contributed by atoms with Crippen LogP contribution in [0, 0.1) is 12.7 Å². The van der Waals surface area contributed by atoms with Gasteiger partial charge < -0.3 is 9.88 Å². The van der Waals surface area contributed by atoms with Crippen LogP contribution in [0.15, 0.2) is 87.5 Å². The number of amides is 1. The fraction of sp³-hybridized carbons (Fsp3) is 0.154. The second-order valence-corrected chi connectivity index (χ2v) is 9.95. The number of nitrogens with one attached hydrogen (secondary N) is 1. The molecular formula is C26H23FN2O4S. The van der Waals surface area contributed by atoms with Crippen LogP contribution in [0.5, 0.6) is 0 Å². The highest BCUT2D eigenvalue weighted by atomic mass is 32.2. The molecule has 0 saturated carbocycles. The Hall–Kier alpha value is -3.78. The Morgan fingerprint density at radius 1 is 1.00 bits per heavy atom. The summed E-state index contributed by atoms with van der Waals surface area (Å²) in [6.45, 7) is 3.57. The standard InChI is InChI=1S/C26H23FN2O4S/c1-3-18-6-9-20(10-7-18)28-25(30)16-29-15-24(26(31)22-14-19(27)8-13-23(22)29)34(32,33)21-11-4-17(2)5-12-21/h4-15H,3,16H2,1-2H3,(H,28,30). The van der Waals surface area contributed by atoms with Gasteiger partial charge in [0.05, 0.1) is 10.4 Å². The number of aromatic nitrogens is 1. The molecule has 174 valence electrons. The second-order valence-electron chi connectivity index (χ2n) is 8.03. The van der Waals surface area contributed by atoms with Crippen molar-refractivity contribution < 1.29 is 17.6 Å². The predicted octanol–water partition coefficient (Wildman–Crippen LogP) is 4.48. The third-order valence-corrected chi connectivity index (χ3v) is 7.35. The number of aryl methyl sites for hydroxylation is 2. The number of carbonyl (C=O) groups is 1. The fourth-order valence-corrected chi connectivity index (χ4v) is 5.06. The van der Waals surface area contributed by atoms with Gasteiger partial charge in [0.25, 0.3) is 0 Å². The number of halogens is 1. The molecule has 6 nitrogen and oxygen atoms in total. The molecule has 0 spiro atoms. The highest BCUT2D eigenvalue weighted by Gasteiger charge is 2.24. The van der Waals surface area contributed by atoms with E-state index in [1.54, 1.807) is 24.3 Å². The molecule has 0 aliphatic rings. The molecular weight excluding hydrogens is 455 g/mol. The van der Waals surface area contributed by atoms with Crippen molar-refractivity contribution in [3.05, 3.63) is 100 Å². The topological polar surface area (TPSA) is 85.2 Å². The number of pyridine rings is 1. The van der Waals surface area contributed by atoms with Crippen molar-refractivity contribution in [2.45, 2.75) is 36.6 Å². The molecule has 8 heteroatoms. The zero-order chi connectivity index (χ0) is 24.5. The molecule has 3 aromatic carbocycles. The molecule has 34 heavy (non-hydrogen) atoms. The van der Waals surface area contributed by atoms with E-state index in [4.69, 9.17) is 0 Å². The second kappa shape index (κ2) is 9.23. The lowest BCUT2D eigenvalue weighted by Gasteiger charge is -2.14. The van der Waals surface area contributed by atoms with E-state index in [0.717, 1.165) is 35.9 Å². The van der Waals surface area contributed by atoms with Crippen molar-refractivity contribution in [1.82, 2.24) is 4.57 Å². The van der Waals surface area contributed by atoms with E-state index in [-0.39, 0.29) is 22.3 Å². The average molecular weight is 479 g/mol. The number of carbonyl (C=O) groups excluding carboxylic acids is 1. The lowest BCUT2D eigenvalue weighted by molar-refractivity contribution is -0.116. The van der Waals surface area contributed by atoms with Gasteiger partial charge in [-0.05, 0) is 61.4 Å². The molecule has 0 radical (unpaired) electrons. The quantitative estimate of drug-likeness (QED) is 0.443. The van der Waals surface area contributed by atoms with E-state index in [2.05, 4.69) is 5.32 Å². The van der Waals surface area contributed by atoms with Crippen molar-refractivity contribution in [1.29, 1.82) is 0 Å². The van der Waals surface area contributed by atoms with Crippen LogP contribution in [0.2, 0.25) is 0 Å². The third kappa shape index (κ3) is 4.63. The molecule has 1 aromatic heterocycles. The summed E-state index contributed by atoms with van der Waals surface area (Å²) in [5.74, 6) is -1.10. The third-order valence-electron chi connectivity index (χ3n) is 5.59. The molecule has 4 rings (SSSR count). The van der Waals surface area contributed by atoms with Crippen LogP contribution in [-0.4, -0.2) is 18.9 Å². The molecule has 0 bridgehead atoms. The number of rotatable bonds is 6. The van der Waals surface area contributed by atoms with Crippen molar-refractivity contribution in [3.63, 3.8) is 0 Å². The first-order chi connectivity index (χ1) is 16.2. The summed E-state index contributed by atoms with van der Waals surface area (Å²) < 4.78 is 41.9. The Morgan fingerprint density at radius 3 is 2.32 bits per heavy atom. The first-order valence-corrected chi connectivity index (χ1v) is 12.2. The van der Waals surface area contributed by atoms with Gasteiger partial charge in [-0.3, -0.25) is 9.59 Å². The zero-order valence-corrected chi connectivity index (χ0v) is 19.5. The molecule has 1 amide bonds. The molecule has 0 unspecified atom stereocenters. The van der Waals surface area contributed by atoms with Gasteiger partial charge in [-0.15, -0.1) is 0 Å². The summed E-state index contributed by atoms with van der Waals surface area (Å²) in [4.78, 5) is 25.3.